The predicted octanol–water partition coefficient (Wildman–Crippen LogP) is 5.75. The van der Waals surface area contributed by atoms with Crippen molar-refractivity contribution in [3.05, 3.63) is 112 Å². The number of Topliss-reactive ketones (excluding diaryl/α,β-unsaturated/α-hetero) is 1. The summed E-state index contributed by atoms with van der Waals surface area (Å²) in [4.78, 5) is 70.5. The van der Waals surface area contributed by atoms with Crippen molar-refractivity contribution < 1.29 is 38.6 Å². The average Bonchev–Trinajstić information content (AvgIpc) is 3.35. The van der Waals surface area contributed by atoms with Crippen molar-refractivity contribution >= 4 is 51.0 Å². The Hall–Kier alpha value is -4.83. The number of hydrogen-bond acceptors (Lipinski definition) is 8. The van der Waals surface area contributed by atoms with Crippen LogP contribution in [0.5, 0.6) is 11.5 Å². The first-order valence-corrected chi connectivity index (χ1v) is 16.1. The molecule has 1 heterocycles. The Labute approximate surface area is 279 Å². The summed E-state index contributed by atoms with van der Waals surface area (Å²) >= 11 is 3.45. The maximum atomic E-state index is 15.0. The Morgan fingerprint density at radius 2 is 1.62 bits per heavy atom. The van der Waals surface area contributed by atoms with Crippen LogP contribution in [0.3, 0.4) is 0 Å². The number of halogens is 1. The van der Waals surface area contributed by atoms with E-state index >= 15 is 4.79 Å². The van der Waals surface area contributed by atoms with Crippen LogP contribution in [0.4, 0.5) is 4.79 Å². The molecule has 6 unspecified atom stereocenters. The third-order valence-electron chi connectivity index (χ3n) is 10.3. The second-order valence-electron chi connectivity index (χ2n) is 12.3. The molecule has 47 heavy (non-hydrogen) atoms. The fourth-order valence-electron chi connectivity index (χ4n) is 8.44. The first kappa shape index (κ1) is 30.8. The van der Waals surface area contributed by atoms with Crippen LogP contribution < -0.4 is 4.74 Å². The number of carbonyl (C=O) groups is 5. The lowest BCUT2D eigenvalue weighted by Crippen LogP contribution is -2.58. The van der Waals surface area contributed by atoms with Crippen LogP contribution in [0.2, 0.25) is 0 Å². The molecular formula is C37H30BrNO8. The van der Waals surface area contributed by atoms with Crippen LogP contribution in [0.25, 0.3) is 5.57 Å². The Bertz CT molecular complexity index is 1920. The molecule has 0 aromatic heterocycles. The standard InChI is InChI=1S/C37H30BrNO8/c1-46-28-16-20(15-27(38)33(28)42)31-22-13-14-23-30(35(44)39(34(23)43)36(45)47-2)25(22)17-26-32(41)24(19-9-5-3-6-10-19)18-29(40)37(26,31)21-11-7-4-8-12-21/h3-13,15-16,18,23,25-26,30-31,42H,14,17H2,1-2H3. The number of hydrogen-bond donors (Lipinski definition) is 1. The van der Waals surface area contributed by atoms with Gasteiger partial charge < -0.3 is 14.6 Å². The van der Waals surface area contributed by atoms with Crippen LogP contribution in [-0.2, 0) is 29.3 Å². The molecule has 3 amide bonds. The van der Waals surface area contributed by atoms with E-state index < -0.39 is 52.9 Å². The van der Waals surface area contributed by atoms with E-state index in [0.29, 0.717) is 26.1 Å². The van der Waals surface area contributed by atoms with Crippen molar-refractivity contribution in [1.82, 2.24) is 4.90 Å². The Morgan fingerprint density at radius 3 is 2.28 bits per heavy atom. The number of nitrogens with zero attached hydrogens (tertiary/aromatic N) is 1. The van der Waals surface area contributed by atoms with Crippen LogP contribution in [-0.4, -0.2) is 53.7 Å². The highest BCUT2D eigenvalue weighted by atomic mass is 79.9. The summed E-state index contributed by atoms with van der Waals surface area (Å²) in [6.45, 7) is 0. The van der Waals surface area contributed by atoms with Crippen LogP contribution in [0.15, 0.2) is 95.0 Å². The van der Waals surface area contributed by atoms with Crippen LogP contribution >= 0.6 is 15.9 Å². The monoisotopic (exact) mass is 695 g/mol. The number of ether oxygens (including phenoxy) is 2. The Morgan fingerprint density at radius 1 is 0.936 bits per heavy atom. The van der Waals surface area contributed by atoms with Crippen molar-refractivity contribution in [2.75, 3.05) is 14.2 Å². The zero-order valence-electron chi connectivity index (χ0n) is 25.5. The molecule has 1 saturated carbocycles. The number of phenolic OH excluding ortho intramolecular Hbond substituents is 1. The van der Waals surface area contributed by atoms with Crippen molar-refractivity contribution in [3.8, 4) is 11.5 Å². The minimum atomic E-state index is -1.44. The third-order valence-corrected chi connectivity index (χ3v) is 10.9. The summed E-state index contributed by atoms with van der Waals surface area (Å²) in [5.74, 6) is -5.97. The van der Waals surface area contributed by atoms with E-state index in [-0.39, 0.29) is 41.5 Å². The molecule has 4 aliphatic rings. The Kier molecular flexibility index (Phi) is 7.50. The van der Waals surface area contributed by atoms with Crippen LogP contribution in [0, 0.1) is 23.7 Å². The van der Waals surface area contributed by atoms with Gasteiger partial charge in [-0.1, -0.05) is 72.3 Å². The van der Waals surface area contributed by atoms with Gasteiger partial charge in [0.25, 0.3) is 0 Å². The number of methoxy groups -OCH3 is 2. The smallest absolute Gasteiger partial charge is 0.423 e. The molecule has 1 N–H and O–H groups in total. The lowest BCUT2D eigenvalue weighted by molar-refractivity contribution is -0.138. The molecule has 3 aliphatic carbocycles. The summed E-state index contributed by atoms with van der Waals surface area (Å²) in [6, 6.07) is 21.5. The summed E-state index contributed by atoms with van der Waals surface area (Å²) in [5, 5.41) is 10.8. The van der Waals surface area contributed by atoms with Gasteiger partial charge >= 0.3 is 6.09 Å². The maximum Gasteiger partial charge on any atom is 0.423 e. The van der Waals surface area contributed by atoms with Crippen molar-refractivity contribution in [2.45, 2.75) is 24.2 Å². The second-order valence-corrected chi connectivity index (χ2v) is 13.2. The molecule has 2 fully saturated rings. The molecule has 1 saturated heterocycles. The molecule has 3 aromatic rings. The molecule has 9 nitrogen and oxygen atoms in total. The number of ketones is 2. The molecule has 0 radical (unpaired) electrons. The van der Waals surface area contributed by atoms with Gasteiger partial charge in [0.15, 0.2) is 23.1 Å². The highest BCUT2D eigenvalue weighted by Gasteiger charge is 2.66. The molecule has 6 atom stereocenters. The van der Waals surface area contributed by atoms with Gasteiger partial charge in [-0.15, -0.1) is 0 Å². The number of rotatable bonds is 4. The van der Waals surface area contributed by atoms with Gasteiger partial charge in [-0.05, 0) is 69.6 Å². The van der Waals surface area contributed by atoms with Crippen molar-refractivity contribution in [1.29, 1.82) is 0 Å². The number of fused-ring (bicyclic) bond motifs is 4. The molecule has 0 spiro atoms. The summed E-state index contributed by atoms with van der Waals surface area (Å²) in [7, 11) is 2.53. The van der Waals surface area contributed by atoms with E-state index in [1.807, 2.05) is 42.5 Å². The zero-order valence-corrected chi connectivity index (χ0v) is 27.1. The van der Waals surface area contributed by atoms with Gasteiger partial charge in [0.1, 0.15) is 0 Å². The second kappa shape index (κ2) is 11.5. The van der Waals surface area contributed by atoms with E-state index in [9.17, 15) is 24.3 Å². The lowest BCUT2D eigenvalue weighted by atomic mass is 9.44. The van der Waals surface area contributed by atoms with Crippen molar-refractivity contribution in [3.63, 3.8) is 0 Å². The fourth-order valence-corrected chi connectivity index (χ4v) is 8.90. The summed E-state index contributed by atoms with van der Waals surface area (Å²) < 4.78 is 10.6. The van der Waals surface area contributed by atoms with Crippen LogP contribution in [0.1, 0.15) is 35.4 Å². The lowest BCUT2D eigenvalue weighted by Gasteiger charge is -2.55. The number of benzene rings is 3. The summed E-state index contributed by atoms with van der Waals surface area (Å²) in [6.07, 6.45) is 2.54. The molecule has 3 aromatic carbocycles. The Balaban J connectivity index is 1.52. The van der Waals surface area contributed by atoms with E-state index in [2.05, 4.69) is 15.9 Å². The highest BCUT2D eigenvalue weighted by Crippen LogP contribution is 2.64. The number of allylic oxidation sites excluding steroid dienone is 4. The van der Waals surface area contributed by atoms with Gasteiger partial charge in [0.2, 0.25) is 11.8 Å². The normalized spacial score (nSPS) is 28.1. The number of likely N-dealkylation sites (tertiary alicyclic amines) is 1. The first-order valence-electron chi connectivity index (χ1n) is 15.3. The van der Waals surface area contributed by atoms with Crippen molar-refractivity contribution in [2.24, 2.45) is 23.7 Å². The average molecular weight is 697 g/mol. The van der Waals surface area contributed by atoms with Gasteiger partial charge in [-0.25, -0.2) is 4.79 Å². The minimum Gasteiger partial charge on any atom is -0.503 e. The topological polar surface area (TPSA) is 127 Å². The third kappa shape index (κ3) is 4.37. The number of imide groups is 3. The van der Waals surface area contributed by atoms with Gasteiger partial charge in [-0.3, -0.25) is 19.2 Å². The zero-order chi connectivity index (χ0) is 33.2. The number of amides is 3. The molecular weight excluding hydrogens is 666 g/mol. The molecule has 10 heteroatoms. The highest BCUT2D eigenvalue weighted by molar-refractivity contribution is 9.10. The first-order chi connectivity index (χ1) is 22.6. The predicted molar refractivity (Wildman–Crippen MR) is 173 cm³/mol. The van der Waals surface area contributed by atoms with E-state index in [1.54, 1.807) is 36.4 Å². The van der Waals surface area contributed by atoms with Gasteiger partial charge in [0.05, 0.1) is 35.9 Å². The van der Waals surface area contributed by atoms with E-state index in [0.717, 1.165) is 12.7 Å². The minimum absolute atomic E-state index is 0.0948. The van der Waals surface area contributed by atoms with E-state index in [4.69, 9.17) is 9.47 Å². The molecule has 7 rings (SSSR count). The SMILES string of the molecule is COC(=O)N1C(=O)C2CC=C3C(CC4C(=O)C(c5ccccc5)=CC(=O)C4(c4ccccc4)C3c3cc(Br)c(O)c(OC)c3)C2C1=O. The largest absolute Gasteiger partial charge is 0.503 e. The molecule has 0 bridgehead atoms. The summed E-state index contributed by atoms with van der Waals surface area (Å²) in [5.41, 5.74) is 1.36. The van der Waals surface area contributed by atoms with E-state index in [1.165, 1.54) is 13.2 Å². The number of phenols is 1. The molecule has 1 aliphatic heterocycles. The van der Waals surface area contributed by atoms with Gasteiger partial charge in [0, 0.05) is 17.4 Å². The molecule has 238 valence electrons. The number of aromatic hydroxyl groups is 1. The van der Waals surface area contributed by atoms with Gasteiger partial charge in [-0.2, -0.15) is 4.90 Å². The fraction of sp³-hybridized carbons (Fsp3) is 0.270. The number of carbonyl (C=O) groups excluding carboxylic acids is 5. The quantitative estimate of drug-likeness (QED) is 0.270. The maximum absolute atomic E-state index is 15.0.